The Labute approximate surface area is 169 Å². The van der Waals surface area contributed by atoms with E-state index in [1.807, 2.05) is 0 Å². The van der Waals surface area contributed by atoms with Crippen LogP contribution in [0.3, 0.4) is 0 Å². The van der Waals surface area contributed by atoms with Crippen molar-refractivity contribution in [3.05, 3.63) is 59.9 Å². The van der Waals surface area contributed by atoms with Gasteiger partial charge in [-0.25, -0.2) is 9.88 Å². The Morgan fingerprint density at radius 2 is 1.90 bits per heavy atom. The number of imide groups is 1. The van der Waals surface area contributed by atoms with Gasteiger partial charge in [0.25, 0.3) is 0 Å². The minimum Gasteiger partial charge on any atom is -0.433 e. The van der Waals surface area contributed by atoms with E-state index >= 15 is 0 Å². The van der Waals surface area contributed by atoms with Gasteiger partial charge in [0.2, 0.25) is 11.8 Å². The lowest BCUT2D eigenvalue weighted by molar-refractivity contribution is -0.121. The Bertz CT molecular complexity index is 1120. The molecule has 4 rings (SSSR count). The number of nitrogen functional groups attached to an aromatic ring is 1. The summed E-state index contributed by atoms with van der Waals surface area (Å²) in [6, 6.07) is 10.9. The zero-order chi connectivity index (χ0) is 21.4. The van der Waals surface area contributed by atoms with Crippen molar-refractivity contribution in [1.82, 2.24) is 14.8 Å². The molecule has 154 valence electrons. The van der Waals surface area contributed by atoms with Crippen LogP contribution in [0.15, 0.2) is 48.7 Å². The van der Waals surface area contributed by atoms with Gasteiger partial charge < -0.3 is 10.5 Å². The number of benzene rings is 1. The number of pyridine rings is 1. The third kappa shape index (κ3) is 3.25. The molecule has 0 unspecified atom stereocenters. The Morgan fingerprint density at radius 1 is 1.17 bits per heavy atom. The van der Waals surface area contributed by atoms with Crippen LogP contribution in [0.4, 0.5) is 20.3 Å². The molecule has 1 fully saturated rings. The van der Waals surface area contributed by atoms with Crippen LogP contribution in [0.2, 0.25) is 0 Å². The summed E-state index contributed by atoms with van der Waals surface area (Å²) in [4.78, 5) is 30.9. The summed E-state index contributed by atoms with van der Waals surface area (Å²) in [5, 5.41) is 4.36. The van der Waals surface area contributed by atoms with E-state index in [2.05, 4.69) is 14.8 Å². The van der Waals surface area contributed by atoms with Crippen molar-refractivity contribution in [3.8, 4) is 11.6 Å². The SMILES string of the molecule is Cc1nn(-c2ccccn2)c(N)c1[C@@H]1CC(=O)N(c2ccccc2OC(F)F)C1=O. The molecular weight excluding hydrogens is 396 g/mol. The highest BCUT2D eigenvalue weighted by Gasteiger charge is 2.44. The number of alkyl halides is 2. The van der Waals surface area contributed by atoms with Gasteiger partial charge in [-0.3, -0.25) is 9.59 Å². The predicted octanol–water partition coefficient (Wildman–Crippen LogP) is 2.81. The van der Waals surface area contributed by atoms with Crippen molar-refractivity contribution in [1.29, 1.82) is 0 Å². The van der Waals surface area contributed by atoms with Gasteiger partial charge in [0.05, 0.1) is 17.3 Å². The number of para-hydroxylation sites is 2. The first kappa shape index (κ1) is 19.5. The second-order valence-electron chi connectivity index (χ2n) is 6.65. The van der Waals surface area contributed by atoms with Crippen LogP contribution >= 0.6 is 0 Å². The second-order valence-corrected chi connectivity index (χ2v) is 6.65. The van der Waals surface area contributed by atoms with Gasteiger partial charge in [0, 0.05) is 18.2 Å². The molecule has 0 radical (unpaired) electrons. The summed E-state index contributed by atoms with van der Waals surface area (Å²) >= 11 is 0. The molecule has 1 aromatic carbocycles. The van der Waals surface area contributed by atoms with Crippen LogP contribution < -0.4 is 15.4 Å². The molecule has 2 amide bonds. The number of hydrogen-bond acceptors (Lipinski definition) is 6. The molecule has 0 aliphatic carbocycles. The van der Waals surface area contributed by atoms with E-state index in [0.29, 0.717) is 17.1 Å². The topological polar surface area (TPSA) is 103 Å². The molecule has 3 aromatic rings. The molecule has 2 aromatic heterocycles. The Kier molecular flexibility index (Phi) is 4.90. The fourth-order valence-corrected chi connectivity index (χ4v) is 3.59. The lowest BCUT2D eigenvalue weighted by Gasteiger charge is -2.18. The Morgan fingerprint density at radius 3 is 2.60 bits per heavy atom. The van der Waals surface area contributed by atoms with E-state index in [1.165, 1.54) is 28.9 Å². The molecule has 0 spiro atoms. The minimum absolute atomic E-state index is 0.0383. The molecule has 0 bridgehead atoms. The molecule has 1 saturated heterocycles. The molecule has 0 saturated carbocycles. The summed E-state index contributed by atoms with van der Waals surface area (Å²) in [6.45, 7) is -1.41. The van der Waals surface area contributed by atoms with Crippen LogP contribution in [0.5, 0.6) is 5.75 Å². The summed E-state index contributed by atoms with van der Waals surface area (Å²) in [5.41, 5.74) is 7.11. The molecule has 1 atom stereocenters. The summed E-state index contributed by atoms with van der Waals surface area (Å²) < 4.78 is 31.4. The van der Waals surface area contributed by atoms with Gasteiger partial charge in [-0.1, -0.05) is 18.2 Å². The Hall–Kier alpha value is -3.82. The summed E-state index contributed by atoms with van der Waals surface area (Å²) in [6.07, 6.45) is 1.41. The van der Waals surface area contributed by atoms with Gasteiger partial charge in [0.15, 0.2) is 5.82 Å². The van der Waals surface area contributed by atoms with Crippen molar-refractivity contribution in [3.63, 3.8) is 0 Å². The number of anilines is 2. The third-order valence-corrected chi connectivity index (χ3v) is 4.83. The highest BCUT2D eigenvalue weighted by molar-refractivity contribution is 6.23. The lowest BCUT2D eigenvalue weighted by atomic mass is 9.97. The molecule has 8 nitrogen and oxygen atoms in total. The average molecular weight is 413 g/mol. The van der Waals surface area contributed by atoms with E-state index in [1.54, 1.807) is 31.3 Å². The minimum atomic E-state index is -3.09. The Balaban J connectivity index is 1.72. The number of rotatable bonds is 5. The zero-order valence-electron chi connectivity index (χ0n) is 15.8. The number of carbonyl (C=O) groups excluding carboxylic acids is 2. The maximum absolute atomic E-state index is 13.2. The summed E-state index contributed by atoms with van der Waals surface area (Å²) in [5.74, 6) is -1.62. The number of carbonyl (C=O) groups is 2. The smallest absolute Gasteiger partial charge is 0.387 e. The average Bonchev–Trinajstić information content (AvgIpc) is 3.17. The number of halogens is 2. The number of ether oxygens (including phenoxy) is 1. The molecule has 1 aliphatic heterocycles. The van der Waals surface area contributed by atoms with Gasteiger partial charge in [-0.15, -0.1) is 0 Å². The monoisotopic (exact) mass is 413 g/mol. The first-order valence-electron chi connectivity index (χ1n) is 9.05. The standard InChI is InChI=1S/C20H17F2N5O3/c1-11-17(18(23)27(25-11)15-8-4-5-9-24-15)12-10-16(28)26(19(12)29)13-6-2-3-7-14(13)30-20(21)22/h2-9,12,20H,10,23H2,1H3/t12-/m0/s1. The number of aromatic nitrogens is 3. The van der Waals surface area contributed by atoms with Crippen LogP contribution in [0.1, 0.15) is 23.6 Å². The fraction of sp³-hybridized carbons (Fsp3) is 0.200. The highest BCUT2D eigenvalue weighted by atomic mass is 19.3. The van der Waals surface area contributed by atoms with Gasteiger partial charge in [0.1, 0.15) is 11.6 Å². The maximum atomic E-state index is 13.2. The molecule has 2 N–H and O–H groups in total. The first-order valence-corrected chi connectivity index (χ1v) is 9.05. The van der Waals surface area contributed by atoms with E-state index < -0.39 is 24.3 Å². The van der Waals surface area contributed by atoms with Crippen molar-refractivity contribution in [2.45, 2.75) is 25.9 Å². The number of aryl methyl sites for hydroxylation is 1. The zero-order valence-corrected chi connectivity index (χ0v) is 15.8. The largest absolute Gasteiger partial charge is 0.433 e. The quantitative estimate of drug-likeness (QED) is 0.645. The summed E-state index contributed by atoms with van der Waals surface area (Å²) in [7, 11) is 0. The van der Waals surface area contributed by atoms with Crippen molar-refractivity contribution < 1.29 is 23.1 Å². The molecule has 10 heteroatoms. The van der Waals surface area contributed by atoms with Crippen LogP contribution in [0.25, 0.3) is 5.82 Å². The van der Waals surface area contributed by atoms with E-state index in [9.17, 15) is 18.4 Å². The van der Waals surface area contributed by atoms with Gasteiger partial charge in [-0.2, -0.15) is 18.6 Å². The van der Waals surface area contributed by atoms with Crippen LogP contribution in [0, 0.1) is 6.92 Å². The van der Waals surface area contributed by atoms with Gasteiger partial charge in [-0.05, 0) is 31.2 Å². The third-order valence-electron chi connectivity index (χ3n) is 4.83. The number of nitrogens with two attached hydrogens (primary N) is 1. The normalized spacial score (nSPS) is 16.5. The van der Waals surface area contributed by atoms with E-state index in [-0.39, 0.29) is 23.7 Å². The van der Waals surface area contributed by atoms with Crippen molar-refractivity contribution in [2.75, 3.05) is 10.6 Å². The maximum Gasteiger partial charge on any atom is 0.387 e. The highest BCUT2D eigenvalue weighted by Crippen LogP contribution is 2.40. The molecule has 3 heterocycles. The van der Waals surface area contributed by atoms with Crippen molar-refractivity contribution in [2.24, 2.45) is 0 Å². The fourth-order valence-electron chi connectivity index (χ4n) is 3.59. The van der Waals surface area contributed by atoms with Gasteiger partial charge >= 0.3 is 6.61 Å². The number of nitrogens with zero attached hydrogens (tertiary/aromatic N) is 4. The molecule has 30 heavy (non-hydrogen) atoms. The predicted molar refractivity (Wildman–Crippen MR) is 103 cm³/mol. The van der Waals surface area contributed by atoms with Crippen molar-refractivity contribution >= 4 is 23.3 Å². The first-order chi connectivity index (χ1) is 14.4. The second kappa shape index (κ2) is 7.54. The van der Waals surface area contributed by atoms with E-state index in [0.717, 1.165) is 4.90 Å². The van der Waals surface area contributed by atoms with Crippen LogP contribution in [-0.4, -0.2) is 33.2 Å². The molecular formula is C20H17F2N5O3. The van der Waals surface area contributed by atoms with Crippen LogP contribution in [-0.2, 0) is 9.59 Å². The molecule has 1 aliphatic rings. The lowest BCUT2D eigenvalue weighted by Crippen LogP contribution is -2.30. The van der Waals surface area contributed by atoms with E-state index in [4.69, 9.17) is 5.73 Å². The number of amides is 2. The number of hydrogen-bond donors (Lipinski definition) is 1.